The molecule has 1 aliphatic carbocycles. The molecular weight excluding hydrogens is 202 g/mol. The van der Waals surface area contributed by atoms with Crippen LogP contribution in [0, 0.1) is 5.92 Å². The molecule has 2 rings (SSSR count). The Kier molecular flexibility index (Phi) is 2.99. The maximum absolute atomic E-state index is 10.7. The number of nitrogens with two attached hydrogens (primary N) is 1. The normalized spacial score (nSPS) is 16.6. The fourth-order valence-corrected chi connectivity index (χ4v) is 1.81. The second-order valence-electron chi connectivity index (χ2n) is 4.34. The molecule has 4 heteroatoms. The van der Waals surface area contributed by atoms with Crippen LogP contribution in [0.25, 0.3) is 0 Å². The quantitative estimate of drug-likeness (QED) is 0.727. The summed E-state index contributed by atoms with van der Waals surface area (Å²) in [6, 6.07) is 7.55. The number of anilines is 2. The Morgan fingerprint density at radius 2 is 2.12 bits per heavy atom. The van der Waals surface area contributed by atoms with Crippen LogP contribution < -0.4 is 16.4 Å². The van der Waals surface area contributed by atoms with E-state index in [-0.39, 0.29) is 0 Å². The second-order valence-corrected chi connectivity index (χ2v) is 4.34. The van der Waals surface area contributed by atoms with Crippen LogP contribution in [0.1, 0.15) is 19.8 Å². The lowest BCUT2D eigenvalue weighted by atomic mass is 10.2. The molecule has 2 amide bonds. The molecule has 0 aromatic heterocycles. The molecule has 86 valence electrons. The maximum atomic E-state index is 10.7. The van der Waals surface area contributed by atoms with Crippen molar-refractivity contribution in [3.8, 4) is 0 Å². The standard InChI is InChI=1S/C12H17N3O/c1-8(9-5-6-9)14-10-3-2-4-11(7-10)15-12(13)16/h2-4,7-9,14H,5-6H2,1H3,(H3,13,15,16). The highest BCUT2D eigenvalue weighted by molar-refractivity contribution is 5.88. The number of benzene rings is 1. The molecule has 0 saturated heterocycles. The molecule has 1 aromatic carbocycles. The molecule has 1 fully saturated rings. The summed E-state index contributed by atoms with van der Waals surface area (Å²) in [6.07, 6.45) is 2.63. The van der Waals surface area contributed by atoms with Crippen LogP contribution in [-0.4, -0.2) is 12.1 Å². The lowest BCUT2D eigenvalue weighted by Crippen LogP contribution is -2.20. The first-order chi connectivity index (χ1) is 7.65. The van der Waals surface area contributed by atoms with Gasteiger partial charge in [-0.25, -0.2) is 4.79 Å². The van der Waals surface area contributed by atoms with E-state index < -0.39 is 6.03 Å². The highest BCUT2D eigenvalue weighted by Crippen LogP contribution is 2.34. The van der Waals surface area contributed by atoms with Crippen LogP contribution in [0.5, 0.6) is 0 Å². The van der Waals surface area contributed by atoms with E-state index in [9.17, 15) is 4.79 Å². The number of hydrogen-bond acceptors (Lipinski definition) is 2. The van der Waals surface area contributed by atoms with Crippen molar-refractivity contribution in [1.82, 2.24) is 0 Å². The summed E-state index contributed by atoms with van der Waals surface area (Å²) in [5.74, 6) is 0.799. The molecule has 1 saturated carbocycles. The van der Waals surface area contributed by atoms with Gasteiger partial charge in [0, 0.05) is 17.4 Å². The Hall–Kier alpha value is -1.71. The van der Waals surface area contributed by atoms with E-state index in [1.54, 1.807) is 0 Å². The maximum Gasteiger partial charge on any atom is 0.316 e. The summed E-state index contributed by atoms with van der Waals surface area (Å²) in [7, 11) is 0. The molecular formula is C12H17N3O. The van der Waals surface area contributed by atoms with Crippen LogP contribution in [-0.2, 0) is 0 Å². The minimum atomic E-state index is -0.535. The topological polar surface area (TPSA) is 67.2 Å². The lowest BCUT2D eigenvalue weighted by molar-refractivity contribution is 0.259. The number of carbonyl (C=O) groups is 1. The van der Waals surface area contributed by atoms with Gasteiger partial charge >= 0.3 is 6.03 Å². The van der Waals surface area contributed by atoms with Gasteiger partial charge < -0.3 is 16.4 Å². The number of urea groups is 1. The van der Waals surface area contributed by atoms with Gasteiger partial charge in [0.25, 0.3) is 0 Å². The highest BCUT2D eigenvalue weighted by atomic mass is 16.2. The van der Waals surface area contributed by atoms with Crippen LogP contribution in [0.4, 0.5) is 16.2 Å². The van der Waals surface area contributed by atoms with E-state index in [0.717, 1.165) is 17.3 Å². The summed E-state index contributed by atoms with van der Waals surface area (Å²) in [6.45, 7) is 2.19. The molecule has 4 N–H and O–H groups in total. The molecule has 0 aliphatic heterocycles. The Morgan fingerprint density at radius 3 is 2.75 bits per heavy atom. The first kappa shape index (κ1) is 10.8. The highest BCUT2D eigenvalue weighted by Gasteiger charge is 2.27. The van der Waals surface area contributed by atoms with Gasteiger partial charge in [-0.2, -0.15) is 0 Å². The zero-order chi connectivity index (χ0) is 11.5. The molecule has 0 radical (unpaired) electrons. The van der Waals surface area contributed by atoms with Crippen LogP contribution in [0.2, 0.25) is 0 Å². The van der Waals surface area contributed by atoms with Gasteiger partial charge in [-0.3, -0.25) is 0 Å². The summed E-state index contributed by atoms with van der Waals surface area (Å²) in [4.78, 5) is 10.7. The SMILES string of the molecule is CC(Nc1cccc(NC(N)=O)c1)C1CC1. The third-order valence-electron chi connectivity index (χ3n) is 2.85. The Bertz CT molecular complexity index is 388. The number of rotatable bonds is 4. The van der Waals surface area contributed by atoms with Gasteiger partial charge in [0.05, 0.1) is 0 Å². The van der Waals surface area contributed by atoms with Crippen molar-refractivity contribution in [2.24, 2.45) is 11.7 Å². The predicted molar refractivity (Wildman–Crippen MR) is 65.5 cm³/mol. The number of amides is 2. The molecule has 1 unspecified atom stereocenters. The summed E-state index contributed by atoms with van der Waals surface area (Å²) in [5.41, 5.74) is 6.81. The van der Waals surface area contributed by atoms with Crippen LogP contribution >= 0.6 is 0 Å². The molecule has 1 aliphatic rings. The zero-order valence-electron chi connectivity index (χ0n) is 9.36. The molecule has 16 heavy (non-hydrogen) atoms. The summed E-state index contributed by atoms with van der Waals surface area (Å²) in [5, 5.41) is 5.99. The Balaban J connectivity index is 2.00. The molecule has 4 nitrogen and oxygen atoms in total. The zero-order valence-corrected chi connectivity index (χ0v) is 9.36. The number of carbonyl (C=O) groups excluding carboxylic acids is 1. The van der Waals surface area contributed by atoms with Crippen molar-refractivity contribution in [3.05, 3.63) is 24.3 Å². The van der Waals surface area contributed by atoms with Crippen molar-refractivity contribution in [2.75, 3.05) is 10.6 Å². The van der Waals surface area contributed by atoms with E-state index in [2.05, 4.69) is 17.6 Å². The molecule has 1 atom stereocenters. The van der Waals surface area contributed by atoms with Crippen LogP contribution in [0.3, 0.4) is 0 Å². The van der Waals surface area contributed by atoms with Gasteiger partial charge in [-0.1, -0.05) is 6.07 Å². The van der Waals surface area contributed by atoms with Crippen molar-refractivity contribution >= 4 is 17.4 Å². The van der Waals surface area contributed by atoms with Gasteiger partial charge in [-0.05, 0) is 43.9 Å². The fraction of sp³-hybridized carbons (Fsp3) is 0.417. The van der Waals surface area contributed by atoms with E-state index in [1.165, 1.54) is 12.8 Å². The Labute approximate surface area is 95.2 Å². The lowest BCUT2D eigenvalue weighted by Gasteiger charge is -2.15. The average Bonchev–Trinajstić information content (AvgIpc) is 2.99. The largest absolute Gasteiger partial charge is 0.382 e. The average molecular weight is 219 g/mol. The molecule has 0 heterocycles. The molecule has 0 spiro atoms. The minimum absolute atomic E-state index is 0.490. The first-order valence-corrected chi connectivity index (χ1v) is 5.58. The van der Waals surface area contributed by atoms with Crippen LogP contribution in [0.15, 0.2) is 24.3 Å². The number of primary amides is 1. The van der Waals surface area contributed by atoms with E-state index in [0.29, 0.717) is 6.04 Å². The summed E-state index contributed by atoms with van der Waals surface area (Å²) >= 11 is 0. The minimum Gasteiger partial charge on any atom is -0.382 e. The third kappa shape index (κ3) is 2.89. The smallest absolute Gasteiger partial charge is 0.316 e. The Morgan fingerprint density at radius 1 is 1.44 bits per heavy atom. The second kappa shape index (κ2) is 4.43. The van der Waals surface area contributed by atoms with Gasteiger partial charge in [0.2, 0.25) is 0 Å². The third-order valence-corrected chi connectivity index (χ3v) is 2.85. The summed E-state index contributed by atoms with van der Waals surface area (Å²) < 4.78 is 0. The fourth-order valence-electron chi connectivity index (χ4n) is 1.81. The molecule has 1 aromatic rings. The number of nitrogens with one attached hydrogen (secondary N) is 2. The van der Waals surface area contributed by atoms with Gasteiger partial charge in [0.15, 0.2) is 0 Å². The predicted octanol–water partition coefficient (Wildman–Crippen LogP) is 2.39. The van der Waals surface area contributed by atoms with Crippen molar-refractivity contribution in [3.63, 3.8) is 0 Å². The molecule has 0 bridgehead atoms. The van der Waals surface area contributed by atoms with Gasteiger partial charge in [-0.15, -0.1) is 0 Å². The van der Waals surface area contributed by atoms with Crippen molar-refractivity contribution in [1.29, 1.82) is 0 Å². The first-order valence-electron chi connectivity index (χ1n) is 5.58. The monoisotopic (exact) mass is 219 g/mol. The van der Waals surface area contributed by atoms with Crippen molar-refractivity contribution < 1.29 is 4.79 Å². The van der Waals surface area contributed by atoms with Gasteiger partial charge in [0.1, 0.15) is 0 Å². The van der Waals surface area contributed by atoms with E-state index >= 15 is 0 Å². The van der Waals surface area contributed by atoms with Crippen molar-refractivity contribution in [2.45, 2.75) is 25.8 Å². The van der Waals surface area contributed by atoms with E-state index in [1.807, 2.05) is 24.3 Å². The van der Waals surface area contributed by atoms with E-state index in [4.69, 9.17) is 5.73 Å². The number of hydrogen-bond donors (Lipinski definition) is 3.